The van der Waals surface area contributed by atoms with Crippen LogP contribution < -0.4 is 5.32 Å². The van der Waals surface area contributed by atoms with Crippen molar-refractivity contribution in [3.05, 3.63) is 78.6 Å². The number of fused-ring (bicyclic) bond motifs is 1. The van der Waals surface area contributed by atoms with Gasteiger partial charge in [-0.05, 0) is 67.0 Å². The molecule has 1 aliphatic heterocycles. The average Bonchev–Trinajstić information content (AvgIpc) is 2.74. The van der Waals surface area contributed by atoms with Crippen molar-refractivity contribution in [2.45, 2.75) is 44.6 Å². The zero-order valence-corrected chi connectivity index (χ0v) is 16.5. The SMILES string of the molecule is C=C(Nc1ccc(F)cc1)c1ccc(C(=C)N2CCCC3CCCCC32)cc1. The predicted molar refractivity (Wildman–Crippen MR) is 116 cm³/mol. The first kappa shape index (κ1) is 18.8. The summed E-state index contributed by atoms with van der Waals surface area (Å²) < 4.78 is 13.1. The maximum Gasteiger partial charge on any atom is 0.123 e. The van der Waals surface area contributed by atoms with E-state index >= 15 is 0 Å². The van der Waals surface area contributed by atoms with Crippen LogP contribution in [0.1, 0.15) is 49.7 Å². The van der Waals surface area contributed by atoms with Crippen LogP contribution in [0.25, 0.3) is 11.4 Å². The molecule has 2 atom stereocenters. The molecule has 0 radical (unpaired) electrons. The second kappa shape index (κ2) is 8.22. The Kier molecular flexibility index (Phi) is 5.52. The van der Waals surface area contributed by atoms with Crippen molar-refractivity contribution in [2.75, 3.05) is 11.9 Å². The number of likely N-dealkylation sites (tertiary alicyclic amines) is 1. The lowest BCUT2D eigenvalue weighted by Gasteiger charge is -2.46. The fourth-order valence-corrected chi connectivity index (χ4v) is 4.77. The van der Waals surface area contributed by atoms with Crippen LogP contribution in [0, 0.1) is 11.7 Å². The first-order chi connectivity index (χ1) is 13.6. The molecule has 4 rings (SSSR count). The highest BCUT2D eigenvalue weighted by molar-refractivity contribution is 5.76. The Morgan fingerprint density at radius 2 is 1.50 bits per heavy atom. The molecule has 1 N–H and O–H groups in total. The predicted octanol–water partition coefficient (Wildman–Crippen LogP) is 6.53. The molecule has 146 valence electrons. The van der Waals surface area contributed by atoms with E-state index in [1.165, 1.54) is 56.2 Å². The molecule has 2 aliphatic rings. The van der Waals surface area contributed by atoms with E-state index in [1.807, 2.05) is 0 Å². The molecule has 0 spiro atoms. The molecule has 1 aliphatic carbocycles. The average molecular weight is 377 g/mol. The number of nitrogens with one attached hydrogen (secondary N) is 1. The molecular formula is C25H29FN2. The highest BCUT2D eigenvalue weighted by Gasteiger charge is 2.33. The molecule has 1 heterocycles. The fourth-order valence-electron chi connectivity index (χ4n) is 4.77. The number of rotatable bonds is 5. The van der Waals surface area contributed by atoms with Gasteiger partial charge in [0.15, 0.2) is 0 Å². The molecule has 2 aromatic rings. The Hall–Kier alpha value is -2.55. The van der Waals surface area contributed by atoms with E-state index in [1.54, 1.807) is 12.1 Å². The third-order valence-electron chi connectivity index (χ3n) is 6.30. The minimum atomic E-state index is -0.239. The van der Waals surface area contributed by atoms with Gasteiger partial charge in [-0.1, -0.05) is 50.3 Å². The number of halogens is 1. The smallest absolute Gasteiger partial charge is 0.123 e. The second-order valence-electron chi connectivity index (χ2n) is 8.08. The molecule has 1 saturated heterocycles. The van der Waals surface area contributed by atoms with E-state index < -0.39 is 0 Å². The first-order valence-corrected chi connectivity index (χ1v) is 10.4. The number of benzene rings is 2. The van der Waals surface area contributed by atoms with Gasteiger partial charge in [0.2, 0.25) is 0 Å². The van der Waals surface area contributed by atoms with Gasteiger partial charge in [-0.15, -0.1) is 0 Å². The number of nitrogens with zero attached hydrogens (tertiary/aromatic N) is 1. The second-order valence-corrected chi connectivity index (χ2v) is 8.08. The third-order valence-corrected chi connectivity index (χ3v) is 6.30. The van der Waals surface area contributed by atoms with Crippen molar-refractivity contribution >= 4 is 17.1 Å². The molecule has 2 aromatic carbocycles. The fraction of sp³-hybridized carbons (Fsp3) is 0.360. The van der Waals surface area contributed by atoms with Crippen LogP contribution in [0.4, 0.5) is 10.1 Å². The maximum absolute atomic E-state index is 13.1. The Morgan fingerprint density at radius 3 is 2.25 bits per heavy atom. The molecular weight excluding hydrogens is 347 g/mol. The van der Waals surface area contributed by atoms with E-state index in [2.05, 4.69) is 47.6 Å². The zero-order valence-electron chi connectivity index (χ0n) is 16.5. The van der Waals surface area contributed by atoms with Gasteiger partial charge >= 0.3 is 0 Å². The van der Waals surface area contributed by atoms with Gasteiger partial charge in [0.05, 0.1) is 0 Å². The minimum absolute atomic E-state index is 0.239. The Labute approximate surface area is 167 Å². The van der Waals surface area contributed by atoms with Crippen LogP contribution in [0.2, 0.25) is 0 Å². The summed E-state index contributed by atoms with van der Waals surface area (Å²) >= 11 is 0. The van der Waals surface area contributed by atoms with E-state index in [-0.39, 0.29) is 5.82 Å². The standard InChI is InChI=1S/C25H29FN2/c1-18(27-24-15-13-23(26)14-16-24)20-9-11-21(12-10-20)19(2)28-17-5-7-22-6-3-4-8-25(22)28/h9-16,22,25,27H,1-8,17H2. The number of hydrogen-bond donors (Lipinski definition) is 1. The van der Waals surface area contributed by atoms with Crippen LogP contribution in [0.15, 0.2) is 61.7 Å². The molecule has 2 nitrogen and oxygen atoms in total. The number of hydrogen-bond acceptors (Lipinski definition) is 2. The Balaban J connectivity index is 1.44. The summed E-state index contributed by atoms with van der Waals surface area (Å²) in [5.41, 5.74) is 4.99. The summed E-state index contributed by atoms with van der Waals surface area (Å²) in [7, 11) is 0. The summed E-state index contributed by atoms with van der Waals surface area (Å²) in [6, 6.07) is 15.4. The normalized spacial score (nSPS) is 21.7. The molecule has 2 unspecified atom stereocenters. The molecule has 1 saturated carbocycles. The summed E-state index contributed by atoms with van der Waals surface area (Å²) in [4.78, 5) is 2.56. The van der Waals surface area contributed by atoms with Crippen LogP contribution in [-0.2, 0) is 0 Å². The monoisotopic (exact) mass is 376 g/mol. The van der Waals surface area contributed by atoms with Crippen LogP contribution in [0.3, 0.4) is 0 Å². The van der Waals surface area contributed by atoms with Crippen molar-refractivity contribution in [3.63, 3.8) is 0 Å². The lowest BCUT2D eigenvalue weighted by Crippen LogP contribution is -2.45. The number of anilines is 1. The summed E-state index contributed by atoms with van der Waals surface area (Å²) in [6.45, 7) is 9.69. The quantitative estimate of drug-likeness (QED) is 0.638. The van der Waals surface area contributed by atoms with E-state index in [0.717, 1.165) is 35.1 Å². The van der Waals surface area contributed by atoms with Gasteiger partial charge in [0, 0.05) is 29.7 Å². The molecule has 0 aromatic heterocycles. The zero-order chi connectivity index (χ0) is 19.5. The van der Waals surface area contributed by atoms with Crippen LogP contribution in [0.5, 0.6) is 0 Å². The topological polar surface area (TPSA) is 15.3 Å². The van der Waals surface area contributed by atoms with Gasteiger partial charge in [0.1, 0.15) is 5.82 Å². The highest BCUT2D eigenvalue weighted by atomic mass is 19.1. The lowest BCUT2D eigenvalue weighted by atomic mass is 9.78. The van der Waals surface area contributed by atoms with Crippen molar-refractivity contribution in [1.82, 2.24) is 4.90 Å². The van der Waals surface area contributed by atoms with Gasteiger partial charge in [-0.25, -0.2) is 4.39 Å². The van der Waals surface area contributed by atoms with Crippen molar-refractivity contribution < 1.29 is 4.39 Å². The largest absolute Gasteiger partial charge is 0.368 e. The van der Waals surface area contributed by atoms with E-state index in [9.17, 15) is 4.39 Å². The van der Waals surface area contributed by atoms with E-state index in [4.69, 9.17) is 0 Å². The van der Waals surface area contributed by atoms with Gasteiger partial charge < -0.3 is 10.2 Å². The lowest BCUT2D eigenvalue weighted by molar-refractivity contribution is 0.111. The molecule has 0 bridgehead atoms. The van der Waals surface area contributed by atoms with Gasteiger partial charge in [0.25, 0.3) is 0 Å². The first-order valence-electron chi connectivity index (χ1n) is 10.4. The molecule has 0 amide bonds. The van der Waals surface area contributed by atoms with Crippen LogP contribution in [-0.4, -0.2) is 17.5 Å². The summed E-state index contributed by atoms with van der Waals surface area (Å²) in [5, 5.41) is 3.24. The molecule has 3 heteroatoms. The van der Waals surface area contributed by atoms with Gasteiger partial charge in [-0.2, -0.15) is 0 Å². The van der Waals surface area contributed by atoms with Gasteiger partial charge in [-0.3, -0.25) is 0 Å². The Morgan fingerprint density at radius 1 is 0.857 bits per heavy atom. The highest BCUT2D eigenvalue weighted by Crippen LogP contribution is 2.38. The van der Waals surface area contributed by atoms with Crippen molar-refractivity contribution in [1.29, 1.82) is 0 Å². The summed E-state index contributed by atoms with van der Waals surface area (Å²) in [5.74, 6) is 0.607. The Bertz CT molecular complexity index is 836. The summed E-state index contributed by atoms with van der Waals surface area (Å²) in [6.07, 6.45) is 8.07. The van der Waals surface area contributed by atoms with Crippen molar-refractivity contribution in [3.8, 4) is 0 Å². The third kappa shape index (κ3) is 3.99. The van der Waals surface area contributed by atoms with Crippen molar-refractivity contribution in [2.24, 2.45) is 5.92 Å². The maximum atomic E-state index is 13.1. The molecule has 28 heavy (non-hydrogen) atoms. The minimum Gasteiger partial charge on any atom is -0.368 e. The number of piperidine rings is 1. The van der Waals surface area contributed by atoms with Crippen LogP contribution >= 0.6 is 0 Å². The van der Waals surface area contributed by atoms with E-state index in [0.29, 0.717) is 6.04 Å². The molecule has 2 fully saturated rings.